The van der Waals surface area contributed by atoms with Crippen LogP contribution in [-0.4, -0.2) is 49.1 Å². The molecule has 3 rings (SSSR count). The van der Waals surface area contributed by atoms with Crippen LogP contribution in [-0.2, 0) is 11.8 Å². The molecule has 0 saturated carbocycles. The van der Waals surface area contributed by atoms with E-state index in [0.717, 1.165) is 25.5 Å². The molecule has 2 N–H and O–H groups in total. The maximum absolute atomic E-state index is 4.78. The highest BCUT2D eigenvalue weighted by Gasteiger charge is 2.24. The van der Waals surface area contributed by atoms with Crippen LogP contribution in [0.3, 0.4) is 0 Å². The molecule has 0 aromatic carbocycles. The lowest BCUT2D eigenvalue weighted by Gasteiger charge is -2.27. The van der Waals surface area contributed by atoms with Gasteiger partial charge in [-0.25, -0.2) is 4.98 Å². The van der Waals surface area contributed by atoms with Gasteiger partial charge in [0.25, 0.3) is 0 Å². The Balaban J connectivity index is 0.00000300. The highest BCUT2D eigenvalue weighted by atomic mass is 127. The summed E-state index contributed by atoms with van der Waals surface area (Å²) in [6.07, 6.45) is 3.53. The van der Waals surface area contributed by atoms with E-state index in [0.29, 0.717) is 6.04 Å². The first-order valence-corrected chi connectivity index (χ1v) is 11.9. The van der Waals surface area contributed by atoms with Gasteiger partial charge in [0.2, 0.25) is 0 Å². The van der Waals surface area contributed by atoms with Crippen molar-refractivity contribution in [3.63, 3.8) is 0 Å². The van der Waals surface area contributed by atoms with Crippen molar-refractivity contribution in [2.45, 2.75) is 51.5 Å². The lowest BCUT2D eigenvalue weighted by Crippen LogP contribution is -2.43. The third kappa shape index (κ3) is 7.18. The van der Waals surface area contributed by atoms with Gasteiger partial charge in [0.15, 0.2) is 5.96 Å². The van der Waals surface area contributed by atoms with Crippen LogP contribution in [0.25, 0.3) is 0 Å². The SMILES string of the molecule is CN=C(NCCc1nc(C(C)(C)C)cs1)NCC(c1cccs1)N1CCCC1.I. The van der Waals surface area contributed by atoms with Crippen LogP contribution in [0, 0.1) is 0 Å². The van der Waals surface area contributed by atoms with Crippen LogP contribution < -0.4 is 10.6 Å². The van der Waals surface area contributed by atoms with Gasteiger partial charge in [0.05, 0.1) is 16.7 Å². The van der Waals surface area contributed by atoms with Gasteiger partial charge in [-0.05, 0) is 37.4 Å². The zero-order valence-corrected chi connectivity index (χ0v) is 21.9. The van der Waals surface area contributed by atoms with Gasteiger partial charge in [0.1, 0.15) is 0 Å². The number of nitrogens with zero attached hydrogens (tertiary/aromatic N) is 3. The highest BCUT2D eigenvalue weighted by molar-refractivity contribution is 14.0. The molecular weight excluding hydrogens is 513 g/mol. The summed E-state index contributed by atoms with van der Waals surface area (Å²) in [5.74, 6) is 0.869. The maximum Gasteiger partial charge on any atom is 0.191 e. The van der Waals surface area contributed by atoms with Crippen molar-refractivity contribution in [2.75, 3.05) is 33.2 Å². The standard InChI is InChI=1S/C21H33N5S2.HI/c1-21(2,3)18-15-28-19(25-18)9-10-23-20(22-4)24-14-16(17-8-7-13-27-17)26-11-5-6-12-26;/h7-8,13,15-16H,5-6,9-12,14H2,1-4H3,(H2,22,23,24);1H. The number of hydrogen-bond acceptors (Lipinski definition) is 5. The number of guanidine groups is 1. The Morgan fingerprint density at radius 3 is 2.59 bits per heavy atom. The number of thiazole rings is 1. The molecule has 1 unspecified atom stereocenters. The number of hydrogen-bond donors (Lipinski definition) is 2. The molecule has 1 saturated heterocycles. The molecule has 0 aliphatic carbocycles. The molecule has 0 bridgehead atoms. The third-order valence-corrected chi connectivity index (χ3v) is 6.97. The summed E-state index contributed by atoms with van der Waals surface area (Å²) in [5.41, 5.74) is 1.30. The van der Waals surface area contributed by atoms with E-state index in [1.54, 1.807) is 11.3 Å². The maximum atomic E-state index is 4.78. The molecule has 0 radical (unpaired) electrons. The van der Waals surface area contributed by atoms with Crippen molar-refractivity contribution < 1.29 is 0 Å². The van der Waals surface area contributed by atoms with E-state index < -0.39 is 0 Å². The monoisotopic (exact) mass is 547 g/mol. The van der Waals surface area contributed by atoms with Gasteiger partial charge in [-0.15, -0.1) is 46.7 Å². The zero-order valence-electron chi connectivity index (χ0n) is 17.9. The molecule has 0 amide bonds. The summed E-state index contributed by atoms with van der Waals surface area (Å²) in [6.45, 7) is 10.7. The number of thiophene rings is 1. The fraction of sp³-hybridized carbons (Fsp3) is 0.619. The van der Waals surface area contributed by atoms with Crippen molar-refractivity contribution >= 4 is 52.6 Å². The Morgan fingerprint density at radius 2 is 2.00 bits per heavy atom. The average molecular weight is 548 g/mol. The van der Waals surface area contributed by atoms with Crippen LogP contribution in [0.15, 0.2) is 27.9 Å². The van der Waals surface area contributed by atoms with Crippen LogP contribution in [0.4, 0.5) is 0 Å². The van der Waals surface area contributed by atoms with Gasteiger partial charge >= 0.3 is 0 Å². The minimum Gasteiger partial charge on any atom is -0.356 e. The molecule has 162 valence electrons. The van der Waals surface area contributed by atoms with E-state index in [9.17, 15) is 0 Å². The first kappa shape index (κ1) is 24.6. The van der Waals surface area contributed by atoms with E-state index in [2.05, 4.69) is 64.2 Å². The predicted octanol–water partition coefficient (Wildman–Crippen LogP) is 4.66. The van der Waals surface area contributed by atoms with Gasteiger partial charge in [0, 0.05) is 42.2 Å². The number of nitrogens with one attached hydrogen (secondary N) is 2. The van der Waals surface area contributed by atoms with Gasteiger partial charge in [-0.1, -0.05) is 26.8 Å². The van der Waals surface area contributed by atoms with Crippen molar-refractivity contribution in [1.82, 2.24) is 20.5 Å². The lowest BCUT2D eigenvalue weighted by molar-refractivity contribution is 0.249. The van der Waals surface area contributed by atoms with E-state index in [-0.39, 0.29) is 29.4 Å². The molecule has 5 nitrogen and oxygen atoms in total. The molecular formula is C21H34IN5S2. The summed E-state index contributed by atoms with van der Waals surface area (Å²) >= 11 is 3.60. The number of likely N-dealkylation sites (tertiary alicyclic amines) is 1. The molecule has 3 heterocycles. The van der Waals surface area contributed by atoms with Crippen molar-refractivity contribution in [3.05, 3.63) is 38.5 Å². The van der Waals surface area contributed by atoms with Crippen LogP contribution in [0.2, 0.25) is 0 Å². The van der Waals surface area contributed by atoms with Crippen molar-refractivity contribution in [1.29, 1.82) is 0 Å². The van der Waals surface area contributed by atoms with E-state index >= 15 is 0 Å². The number of rotatable bonds is 7. The number of halogens is 1. The highest BCUT2D eigenvalue weighted by Crippen LogP contribution is 2.28. The summed E-state index contributed by atoms with van der Waals surface area (Å²) in [5, 5.41) is 12.5. The Labute approximate surface area is 200 Å². The van der Waals surface area contributed by atoms with Crippen molar-refractivity contribution in [2.24, 2.45) is 4.99 Å². The van der Waals surface area contributed by atoms with Gasteiger partial charge in [-0.2, -0.15) is 0 Å². The van der Waals surface area contributed by atoms with Crippen LogP contribution in [0.5, 0.6) is 0 Å². The second kappa shape index (κ2) is 11.6. The minimum atomic E-state index is 0. The molecule has 0 spiro atoms. The smallest absolute Gasteiger partial charge is 0.191 e. The molecule has 1 atom stereocenters. The first-order valence-electron chi connectivity index (χ1n) is 10.1. The Hall–Kier alpha value is -0.710. The number of aromatic nitrogens is 1. The Morgan fingerprint density at radius 1 is 1.24 bits per heavy atom. The molecule has 2 aromatic rings. The zero-order chi connectivity index (χ0) is 20.0. The normalized spacial score (nSPS) is 16.5. The van der Waals surface area contributed by atoms with Gasteiger partial charge in [-0.3, -0.25) is 9.89 Å². The fourth-order valence-corrected chi connectivity index (χ4v) is 5.30. The van der Waals surface area contributed by atoms with E-state index in [4.69, 9.17) is 4.98 Å². The van der Waals surface area contributed by atoms with E-state index in [1.807, 2.05) is 18.4 Å². The Bertz CT molecular complexity index is 745. The fourth-order valence-electron chi connectivity index (χ4n) is 3.42. The first-order chi connectivity index (χ1) is 13.5. The van der Waals surface area contributed by atoms with E-state index in [1.165, 1.54) is 41.5 Å². The Kier molecular flexibility index (Phi) is 9.84. The summed E-state index contributed by atoms with van der Waals surface area (Å²) in [7, 11) is 1.84. The average Bonchev–Trinajstić information content (AvgIpc) is 3.41. The molecule has 29 heavy (non-hydrogen) atoms. The third-order valence-electron chi connectivity index (χ3n) is 5.09. The minimum absolute atomic E-state index is 0. The topological polar surface area (TPSA) is 52.6 Å². The molecule has 1 aliphatic heterocycles. The predicted molar refractivity (Wildman–Crippen MR) is 137 cm³/mol. The largest absolute Gasteiger partial charge is 0.356 e. The summed E-state index contributed by atoms with van der Waals surface area (Å²) in [6, 6.07) is 4.82. The van der Waals surface area contributed by atoms with Crippen LogP contribution >= 0.6 is 46.7 Å². The molecule has 1 aliphatic rings. The quantitative estimate of drug-likeness (QED) is 0.301. The van der Waals surface area contributed by atoms with Crippen molar-refractivity contribution in [3.8, 4) is 0 Å². The second-order valence-corrected chi connectivity index (χ2v) is 10.2. The molecule has 2 aromatic heterocycles. The lowest BCUT2D eigenvalue weighted by atomic mass is 9.93. The second-order valence-electron chi connectivity index (χ2n) is 8.28. The summed E-state index contributed by atoms with van der Waals surface area (Å²) in [4.78, 5) is 13.2. The molecule has 8 heteroatoms. The van der Waals surface area contributed by atoms with Crippen LogP contribution in [0.1, 0.15) is 55.2 Å². The number of aliphatic imine (C=N–C) groups is 1. The molecule has 1 fully saturated rings. The van der Waals surface area contributed by atoms with Gasteiger partial charge < -0.3 is 10.6 Å². The summed E-state index contributed by atoms with van der Waals surface area (Å²) < 4.78 is 0.